The summed E-state index contributed by atoms with van der Waals surface area (Å²) in [5, 5.41) is 2.75. The first-order chi connectivity index (χ1) is 8.54. The maximum absolute atomic E-state index is 11.4. The van der Waals surface area contributed by atoms with E-state index in [9.17, 15) is 4.79 Å². The van der Waals surface area contributed by atoms with Crippen molar-refractivity contribution in [1.29, 1.82) is 0 Å². The van der Waals surface area contributed by atoms with Crippen molar-refractivity contribution in [2.45, 2.75) is 25.9 Å². The highest BCUT2D eigenvalue weighted by Gasteiger charge is 2.07. The topological polar surface area (TPSA) is 96.7 Å². The van der Waals surface area contributed by atoms with E-state index in [0.29, 0.717) is 24.4 Å². The molecule has 1 unspecified atom stereocenters. The number of carbonyl (C=O) groups excluding carboxylic acids is 1. The lowest BCUT2D eigenvalue weighted by Gasteiger charge is -2.05. The molecule has 2 heterocycles. The zero-order chi connectivity index (χ0) is 13.1. The van der Waals surface area contributed by atoms with Crippen LogP contribution in [0.4, 0.5) is 0 Å². The highest BCUT2D eigenvalue weighted by molar-refractivity contribution is 9.10. The van der Waals surface area contributed by atoms with Gasteiger partial charge >= 0.3 is 0 Å². The number of carbonyl (C=O) groups is 1. The number of nitrogens with one attached hydrogen (secondary N) is 2. The summed E-state index contributed by atoms with van der Waals surface area (Å²) >= 11 is 3.34. The number of hydrogen-bond donors (Lipinski definition) is 3. The van der Waals surface area contributed by atoms with E-state index in [4.69, 9.17) is 5.73 Å². The molecule has 0 aliphatic heterocycles. The fourth-order valence-electron chi connectivity index (χ4n) is 1.56. The van der Waals surface area contributed by atoms with E-state index < -0.39 is 0 Å². The fourth-order valence-corrected chi connectivity index (χ4v) is 1.89. The lowest BCUT2D eigenvalue weighted by atomic mass is 10.2. The first kappa shape index (κ1) is 13.0. The molecule has 0 bridgehead atoms. The molecule has 1 amide bonds. The Bertz CT molecular complexity index is 566. The van der Waals surface area contributed by atoms with Gasteiger partial charge in [0.15, 0.2) is 5.65 Å². The second kappa shape index (κ2) is 5.45. The molecular formula is C11H14BrN5O. The van der Waals surface area contributed by atoms with Gasteiger partial charge in [-0.25, -0.2) is 9.97 Å². The van der Waals surface area contributed by atoms with Gasteiger partial charge in [-0.3, -0.25) is 4.79 Å². The molecule has 2 aromatic rings. The van der Waals surface area contributed by atoms with Crippen molar-refractivity contribution in [3.05, 3.63) is 22.6 Å². The number of aromatic amines is 1. The zero-order valence-electron chi connectivity index (χ0n) is 9.90. The third-order valence-electron chi connectivity index (χ3n) is 2.31. The van der Waals surface area contributed by atoms with Crippen molar-refractivity contribution in [1.82, 2.24) is 20.3 Å². The summed E-state index contributed by atoms with van der Waals surface area (Å²) in [6.07, 6.45) is 1.99. The maximum atomic E-state index is 11.4. The van der Waals surface area contributed by atoms with Gasteiger partial charge in [-0.2, -0.15) is 0 Å². The average Bonchev–Trinajstić information content (AvgIpc) is 2.67. The van der Waals surface area contributed by atoms with Crippen LogP contribution in [0.3, 0.4) is 0 Å². The second-order valence-electron chi connectivity index (χ2n) is 4.17. The number of pyridine rings is 1. The summed E-state index contributed by atoms with van der Waals surface area (Å²) in [4.78, 5) is 23.0. The largest absolute Gasteiger partial charge is 0.349 e. The molecular weight excluding hydrogens is 298 g/mol. The number of halogens is 1. The van der Waals surface area contributed by atoms with Crippen molar-refractivity contribution in [2.75, 3.05) is 0 Å². The summed E-state index contributed by atoms with van der Waals surface area (Å²) in [6, 6.07) is 1.75. The third kappa shape index (κ3) is 3.27. The van der Waals surface area contributed by atoms with Gasteiger partial charge in [0.05, 0.1) is 12.1 Å². The predicted molar refractivity (Wildman–Crippen MR) is 71.7 cm³/mol. The van der Waals surface area contributed by atoms with Gasteiger partial charge in [0.2, 0.25) is 5.91 Å². The highest BCUT2D eigenvalue weighted by atomic mass is 79.9. The zero-order valence-corrected chi connectivity index (χ0v) is 11.5. The first-order valence-corrected chi connectivity index (χ1v) is 6.36. The van der Waals surface area contributed by atoms with Crippen LogP contribution in [0, 0.1) is 0 Å². The monoisotopic (exact) mass is 311 g/mol. The van der Waals surface area contributed by atoms with Crippen molar-refractivity contribution >= 4 is 33.0 Å². The lowest BCUT2D eigenvalue weighted by Crippen LogP contribution is -2.29. The van der Waals surface area contributed by atoms with Crippen LogP contribution in [0.5, 0.6) is 0 Å². The van der Waals surface area contributed by atoms with Crippen molar-refractivity contribution in [2.24, 2.45) is 5.73 Å². The Kier molecular flexibility index (Phi) is 3.93. The Labute approximate surface area is 113 Å². The molecule has 0 aliphatic carbocycles. The Hall–Kier alpha value is -1.47. The van der Waals surface area contributed by atoms with Crippen molar-refractivity contribution in [3.63, 3.8) is 0 Å². The Morgan fingerprint density at radius 3 is 3.17 bits per heavy atom. The number of rotatable bonds is 4. The molecule has 0 aromatic carbocycles. The summed E-state index contributed by atoms with van der Waals surface area (Å²) in [5.74, 6) is 0.591. The van der Waals surface area contributed by atoms with E-state index in [1.54, 1.807) is 13.1 Å². The molecule has 1 atom stereocenters. The minimum Gasteiger partial charge on any atom is -0.349 e. The van der Waals surface area contributed by atoms with Crippen LogP contribution in [0.1, 0.15) is 19.2 Å². The van der Waals surface area contributed by atoms with Gasteiger partial charge in [-0.15, -0.1) is 0 Å². The van der Waals surface area contributed by atoms with E-state index in [0.717, 1.165) is 9.99 Å². The quantitative estimate of drug-likeness (QED) is 0.787. The van der Waals surface area contributed by atoms with Crippen molar-refractivity contribution < 1.29 is 4.79 Å². The van der Waals surface area contributed by atoms with Crippen LogP contribution in [0.15, 0.2) is 16.7 Å². The molecule has 0 saturated heterocycles. The number of imidazole rings is 1. The molecule has 4 N–H and O–H groups in total. The van der Waals surface area contributed by atoms with Crippen LogP contribution in [0.25, 0.3) is 11.2 Å². The molecule has 2 aromatic heterocycles. The van der Waals surface area contributed by atoms with Gasteiger partial charge < -0.3 is 16.0 Å². The molecule has 0 saturated carbocycles. The van der Waals surface area contributed by atoms with Crippen LogP contribution >= 0.6 is 15.9 Å². The number of nitrogens with two attached hydrogens (primary N) is 1. The average molecular weight is 312 g/mol. The predicted octanol–water partition coefficient (Wildman–Crippen LogP) is 1.07. The summed E-state index contributed by atoms with van der Waals surface area (Å²) in [5.41, 5.74) is 7.01. The number of aromatic nitrogens is 3. The van der Waals surface area contributed by atoms with Crippen molar-refractivity contribution in [3.8, 4) is 0 Å². The molecule has 0 spiro atoms. The molecule has 2 rings (SSSR count). The lowest BCUT2D eigenvalue weighted by molar-refractivity contribution is -0.121. The van der Waals surface area contributed by atoms with E-state index >= 15 is 0 Å². The van der Waals surface area contributed by atoms with E-state index in [2.05, 4.69) is 36.2 Å². The summed E-state index contributed by atoms with van der Waals surface area (Å²) in [6.45, 7) is 2.14. The first-order valence-electron chi connectivity index (χ1n) is 5.57. The third-order valence-corrected chi connectivity index (χ3v) is 2.75. The number of amides is 1. The van der Waals surface area contributed by atoms with E-state index in [1.165, 1.54) is 0 Å². The SMILES string of the molecule is CC(N)CC(=O)NCc1nc2ncc(Br)cc2[nH]1. The van der Waals surface area contributed by atoms with E-state index in [1.807, 2.05) is 6.07 Å². The Morgan fingerprint density at radius 2 is 2.44 bits per heavy atom. The minimum atomic E-state index is -0.140. The van der Waals surface area contributed by atoms with Gasteiger partial charge in [-0.1, -0.05) is 0 Å². The summed E-state index contributed by atoms with van der Waals surface area (Å²) < 4.78 is 0.881. The van der Waals surface area contributed by atoms with Crippen LogP contribution in [-0.2, 0) is 11.3 Å². The smallest absolute Gasteiger partial charge is 0.221 e. The Balaban J connectivity index is 2.02. The molecule has 6 nitrogen and oxygen atoms in total. The van der Waals surface area contributed by atoms with Crippen LogP contribution in [0.2, 0.25) is 0 Å². The molecule has 0 radical (unpaired) electrons. The number of hydrogen-bond acceptors (Lipinski definition) is 4. The minimum absolute atomic E-state index is 0.0837. The molecule has 0 fully saturated rings. The number of fused-ring (bicyclic) bond motifs is 1. The van der Waals surface area contributed by atoms with Gasteiger partial charge in [0, 0.05) is 23.1 Å². The van der Waals surface area contributed by atoms with Crippen LogP contribution in [-0.4, -0.2) is 26.9 Å². The number of nitrogens with zero attached hydrogens (tertiary/aromatic N) is 2. The maximum Gasteiger partial charge on any atom is 0.221 e. The molecule has 7 heteroatoms. The molecule has 96 valence electrons. The fraction of sp³-hybridized carbons (Fsp3) is 0.364. The molecule has 0 aliphatic rings. The molecule has 18 heavy (non-hydrogen) atoms. The number of H-pyrrole nitrogens is 1. The van der Waals surface area contributed by atoms with Gasteiger partial charge in [0.25, 0.3) is 0 Å². The van der Waals surface area contributed by atoms with Gasteiger partial charge in [0.1, 0.15) is 5.82 Å². The van der Waals surface area contributed by atoms with Crippen LogP contribution < -0.4 is 11.1 Å². The summed E-state index contributed by atoms with van der Waals surface area (Å²) in [7, 11) is 0. The Morgan fingerprint density at radius 1 is 1.67 bits per heavy atom. The van der Waals surface area contributed by atoms with Gasteiger partial charge in [-0.05, 0) is 28.9 Å². The van der Waals surface area contributed by atoms with E-state index in [-0.39, 0.29) is 11.9 Å². The second-order valence-corrected chi connectivity index (χ2v) is 5.08. The normalized spacial score (nSPS) is 12.6. The highest BCUT2D eigenvalue weighted by Crippen LogP contribution is 2.14. The standard InChI is InChI=1S/C11H14BrN5O/c1-6(13)2-10(18)14-5-9-16-8-3-7(12)4-15-11(8)17-9/h3-4,6H,2,5,13H2,1H3,(H,14,18)(H,15,16,17).